The highest BCUT2D eigenvalue weighted by molar-refractivity contribution is 7.10. The summed E-state index contributed by atoms with van der Waals surface area (Å²) < 4.78 is 0. The van der Waals surface area contributed by atoms with Crippen LogP contribution in [-0.4, -0.2) is 17.8 Å². The second kappa shape index (κ2) is 4.96. The summed E-state index contributed by atoms with van der Waals surface area (Å²) in [5, 5.41) is 14.8. The van der Waals surface area contributed by atoms with Gasteiger partial charge in [0, 0.05) is 17.1 Å². The Morgan fingerprint density at radius 2 is 2.40 bits per heavy atom. The molecular formula is C11H18N2OS. The van der Waals surface area contributed by atoms with Gasteiger partial charge >= 0.3 is 0 Å². The summed E-state index contributed by atoms with van der Waals surface area (Å²) in [4.78, 5) is 1.22. The molecule has 1 aromatic heterocycles. The molecule has 1 saturated carbocycles. The molecule has 15 heavy (non-hydrogen) atoms. The first-order valence-electron chi connectivity index (χ1n) is 5.46. The van der Waals surface area contributed by atoms with Crippen LogP contribution in [0.3, 0.4) is 0 Å². The number of nitrogens with two attached hydrogens (primary N) is 1. The van der Waals surface area contributed by atoms with E-state index < -0.39 is 0 Å². The topological polar surface area (TPSA) is 58.3 Å². The van der Waals surface area contributed by atoms with Gasteiger partial charge in [0.2, 0.25) is 0 Å². The summed E-state index contributed by atoms with van der Waals surface area (Å²) in [6, 6.07) is 1.95. The number of hydrogen-bond acceptors (Lipinski definition) is 4. The van der Waals surface area contributed by atoms with Crippen LogP contribution in [0.2, 0.25) is 0 Å². The van der Waals surface area contributed by atoms with Crippen LogP contribution < -0.4 is 11.1 Å². The molecule has 2 rings (SSSR count). The van der Waals surface area contributed by atoms with E-state index in [-0.39, 0.29) is 6.10 Å². The van der Waals surface area contributed by atoms with E-state index in [1.54, 1.807) is 11.3 Å². The standard InChI is InChI=1S/C11H18N2OS/c12-10-3-4-15-11(10)7-13-6-8-1-2-9(14)5-8/h3-4,8-9,13-14H,1-2,5-7,12H2. The van der Waals surface area contributed by atoms with Crippen LogP contribution in [0.15, 0.2) is 11.4 Å². The highest BCUT2D eigenvalue weighted by Crippen LogP contribution is 2.25. The van der Waals surface area contributed by atoms with Crippen LogP contribution >= 0.6 is 11.3 Å². The average molecular weight is 226 g/mol. The van der Waals surface area contributed by atoms with Crippen LogP contribution in [0.25, 0.3) is 0 Å². The summed E-state index contributed by atoms with van der Waals surface area (Å²) >= 11 is 1.70. The largest absolute Gasteiger partial charge is 0.398 e. The number of thiophene rings is 1. The van der Waals surface area contributed by atoms with Gasteiger partial charge in [0.1, 0.15) is 0 Å². The van der Waals surface area contributed by atoms with Gasteiger partial charge < -0.3 is 16.2 Å². The van der Waals surface area contributed by atoms with Crippen LogP contribution in [0.1, 0.15) is 24.1 Å². The molecule has 1 aliphatic carbocycles. The van der Waals surface area contributed by atoms with E-state index in [0.29, 0.717) is 5.92 Å². The molecule has 0 amide bonds. The van der Waals surface area contributed by atoms with Crippen molar-refractivity contribution in [3.8, 4) is 0 Å². The molecule has 0 bridgehead atoms. The lowest BCUT2D eigenvalue weighted by Crippen LogP contribution is -2.21. The molecule has 0 aliphatic heterocycles. The quantitative estimate of drug-likeness (QED) is 0.730. The molecule has 0 saturated heterocycles. The van der Waals surface area contributed by atoms with Crippen molar-refractivity contribution in [2.75, 3.05) is 12.3 Å². The lowest BCUT2D eigenvalue weighted by atomic mass is 10.1. The molecule has 0 spiro atoms. The number of anilines is 1. The van der Waals surface area contributed by atoms with E-state index in [0.717, 1.165) is 38.0 Å². The van der Waals surface area contributed by atoms with Crippen molar-refractivity contribution in [3.63, 3.8) is 0 Å². The summed E-state index contributed by atoms with van der Waals surface area (Å²) in [6.45, 7) is 1.85. The molecule has 4 heteroatoms. The van der Waals surface area contributed by atoms with Gasteiger partial charge in [-0.15, -0.1) is 11.3 Å². The molecule has 2 unspecified atom stereocenters. The Bertz CT molecular complexity index is 313. The van der Waals surface area contributed by atoms with Gasteiger partial charge in [0.15, 0.2) is 0 Å². The summed E-state index contributed by atoms with van der Waals surface area (Å²) in [5.74, 6) is 0.640. The molecule has 0 radical (unpaired) electrons. The monoisotopic (exact) mass is 226 g/mol. The van der Waals surface area contributed by atoms with E-state index in [1.807, 2.05) is 11.4 Å². The fourth-order valence-corrected chi connectivity index (χ4v) is 2.89. The zero-order valence-electron chi connectivity index (χ0n) is 8.78. The summed E-state index contributed by atoms with van der Waals surface area (Å²) in [6.07, 6.45) is 3.00. The molecule has 3 nitrogen and oxygen atoms in total. The third-order valence-corrected chi connectivity index (χ3v) is 3.95. The van der Waals surface area contributed by atoms with Gasteiger partial charge in [0.05, 0.1) is 6.10 Å². The number of aliphatic hydroxyl groups is 1. The first kappa shape index (κ1) is 10.9. The highest BCUT2D eigenvalue weighted by Gasteiger charge is 2.22. The van der Waals surface area contributed by atoms with Crippen molar-refractivity contribution >= 4 is 17.0 Å². The molecule has 84 valence electrons. The maximum atomic E-state index is 9.38. The lowest BCUT2D eigenvalue weighted by Gasteiger charge is -2.10. The second-order valence-corrected chi connectivity index (χ2v) is 5.26. The SMILES string of the molecule is Nc1ccsc1CNCC1CCC(O)C1. The van der Waals surface area contributed by atoms with Gasteiger partial charge in [-0.3, -0.25) is 0 Å². The Morgan fingerprint density at radius 3 is 3.00 bits per heavy atom. The van der Waals surface area contributed by atoms with E-state index in [4.69, 9.17) is 5.73 Å². The molecule has 1 heterocycles. The van der Waals surface area contributed by atoms with Gasteiger partial charge in [-0.2, -0.15) is 0 Å². The van der Waals surface area contributed by atoms with Crippen LogP contribution in [0, 0.1) is 5.92 Å². The van der Waals surface area contributed by atoms with Crippen LogP contribution in [-0.2, 0) is 6.54 Å². The number of hydrogen-bond donors (Lipinski definition) is 3. The van der Waals surface area contributed by atoms with Crippen LogP contribution in [0.5, 0.6) is 0 Å². The lowest BCUT2D eigenvalue weighted by molar-refractivity contribution is 0.177. The zero-order valence-corrected chi connectivity index (χ0v) is 9.59. The van der Waals surface area contributed by atoms with Gasteiger partial charge in [-0.25, -0.2) is 0 Å². The molecule has 1 aliphatic rings. The third-order valence-electron chi connectivity index (χ3n) is 3.01. The average Bonchev–Trinajstić information content (AvgIpc) is 2.77. The first-order chi connectivity index (χ1) is 7.25. The van der Waals surface area contributed by atoms with Crippen molar-refractivity contribution in [1.82, 2.24) is 5.32 Å². The Kier molecular flexibility index (Phi) is 3.61. The molecule has 1 fully saturated rings. The molecule has 1 aromatic rings. The van der Waals surface area contributed by atoms with Crippen molar-refractivity contribution in [1.29, 1.82) is 0 Å². The minimum atomic E-state index is -0.0661. The zero-order chi connectivity index (χ0) is 10.7. The minimum absolute atomic E-state index is 0.0661. The third kappa shape index (κ3) is 2.93. The van der Waals surface area contributed by atoms with Gasteiger partial charge in [-0.1, -0.05) is 0 Å². The summed E-state index contributed by atoms with van der Waals surface area (Å²) in [7, 11) is 0. The predicted molar refractivity (Wildman–Crippen MR) is 63.8 cm³/mol. The van der Waals surface area contributed by atoms with E-state index in [9.17, 15) is 5.11 Å². The van der Waals surface area contributed by atoms with Crippen molar-refractivity contribution in [3.05, 3.63) is 16.3 Å². The number of aliphatic hydroxyl groups excluding tert-OH is 1. The number of rotatable bonds is 4. The van der Waals surface area contributed by atoms with Crippen LogP contribution in [0.4, 0.5) is 5.69 Å². The predicted octanol–water partition coefficient (Wildman–Crippen LogP) is 1.58. The van der Waals surface area contributed by atoms with Gasteiger partial charge in [-0.05, 0) is 43.2 Å². The first-order valence-corrected chi connectivity index (χ1v) is 6.34. The maximum absolute atomic E-state index is 9.38. The second-order valence-electron chi connectivity index (χ2n) is 4.26. The van der Waals surface area contributed by atoms with Crippen molar-refractivity contribution < 1.29 is 5.11 Å². The van der Waals surface area contributed by atoms with Crippen molar-refractivity contribution in [2.45, 2.75) is 31.9 Å². The highest BCUT2D eigenvalue weighted by atomic mass is 32.1. The molecular weight excluding hydrogens is 208 g/mol. The molecule has 0 aromatic carbocycles. The smallest absolute Gasteiger partial charge is 0.0543 e. The number of nitrogens with one attached hydrogen (secondary N) is 1. The van der Waals surface area contributed by atoms with E-state index in [1.165, 1.54) is 4.88 Å². The Labute approximate surface area is 94.3 Å². The molecule has 2 atom stereocenters. The van der Waals surface area contributed by atoms with Gasteiger partial charge in [0.25, 0.3) is 0 Å². The van der Waals surface area contributed by atoms with E-state index in [2.05, 4.69) is 5.32 Å². The Balaban J connectivity index is 1.69. The maximum Gasteiger partial charge on any atom is 0.0543 e. The fourth-order valence-electron chi connectivity index (χ4n) is 2.12. The van der Waals surface area contributed by atoms with E-state index >= 15 is 0 Å². The minimum Gasteiger partial charge on any atom is -0.398 e. The van der Waals surface area contributed by atoms with Crippen molar-refractivity contribution in [2.24, 2.45) is 5.92 Å². The Hall–Kier alpha value is -0.580. The fraction of sp³-hybridized carbons (Fsp3) is 0.636. The number of nitrogen functional groups attached to an aromatic ring is 1. The summed E-state index contributed by atoms with van der Waals surface area (Å²) in [5.41, 5.74) is 6.68. The normalized spacial score (nSPS) is 25.9. The molecule has 4 N–H and O–H groups in total. The Morgan fingerprint density at radius 1 is 1.53 bits per heavy atom.